The molecule has 1 aromatic heterocycles. The molecule has 0 spiro atoms. The van der Waals surface area contributed by atoms with Crippen LogP contribution in [-0.2, 0) is 0 Å². The van der Waals surface area contributed by atoms with E-state index in [2.05, 4.69) is 0 Å². The second-order valence-electron chi connectivity index (χ2n) is 3.78. The summed E-state index contributed by atoms with van der Waals surface area (Å²) in [7, 11) is 1.41. The maximum Gasteiger partial charge on any atom is 0.300 e. The van der Waals surface area contributed by atoms with Crippen molar-refractivity contribution in [1.82, 2.24) is 5.43 Å². The SMILES string of the molecule is COc1ccc(-c2ccc(C(=O)NN)o2)c([N+](=O)[O-])c1. The molecule has 20 heavy (non-hydrogen) atoms. The van der Waals surface area contributed by atoms with Gasteiger partial charge in [0.15, 0.2) is 5.76 Å². The van der Waals surface area contributed by atoms with Crippen molar-refractivity contribution < 1.29 is 18.9 Å². The van der Waals surface area contributed by atoms with Crippen LogP contribution < -0.4 is 16.0 Å². The first kappa shape index (κ1) is 13.6. The van der Waals surface area contributed by atoms with Gasteiger partial charge in [0.2, 0.25) is 0 Å². The maximum absolute atomic E-state index is 11.3. The minimum atomic E-state index is -0.618. The monoisotopic (exact) mass is 277 g/mol. The number of amides is 1. The molecule has 8 heteroatoms. The Hall–Kier alpha value is -2.87. The number of nitrogen functional groups attached to an aromatic ring is 1. The van der Waals surface area contributed by atoms with Crippen molar-refractivity contribution in [2.45, 2.75) is 0 Å². The molecular weight excluding hydrogens is 266 g/mol. The summed E-state index contributed by atoms with van der Waals surface area (Å²) in [6, 6.07) is 7.17. The molecule has 0 fully saturated rings. The zero-order valence-corrected chi connectivity index (χ0v) is 10.5. The standard InChI is InChI=1S/C12H11N3O5/c1-19-7-2-3-8(9(6-7)15(17)18)10-4-5-11(20-10)12(16)14-13/h2-6H,13H2,1H3,(H,14,16). The fourth-order valence-corrected chi connectivity index (χ4v) is 1.67. The second kappa shape index (κ2) is 5.41. The van der Waals surface area contributed by atoms with Crippen molar-refractivity contribution in [3.8, 4) is 17.1 Å². The van der Waals surface area contributed by atoms with Gasteiger partial charge in [0, 0.05) is 0 Å². The van der Waals surface area contributed by atoms with E-state index in [0.717, 1.165) is 0 Å². The van der Waals surface area contributed by atoms with Crippen LogP contribution in [0.2, 0.25) is 0 Å². The molecule has 1 heterocycles. The number of nitro benzene ring substituents is 1. The van der Waals surface area contributed by atoms with E-state index in [1.807, 2.05) is 5.43 Å². The van der Waals surface area contributed by atoms with E-state index in [1.165, 1.54) is 31.4 Å². The number of nitrogens with zero attached hydrogens (tertiary/aromatic N) is 1. The Morgan fingerprint density at radius 2 is 2.15 bits per heavy atom. The first-order valence-corrected chi connectivity index (χ1v) is 5.50. The lowest BCUT2D eigenvalue weighted by atomic mass is 10.1. The highest BCUT2D eigenvalue weighted by Crippen LogP contribution is 2.34. The van der Waals surface area contributed by atoms with Crippen molar-refractivity contribution in [3.63, 3.8) is 0 Å². The fourth-order valence-electron chi connectivity index (χ4n) is 1.67. The van der Waals surface area contributed by atoms with Crippen LogP contribution in [0, 0.1) is 10.1 Å². The third-order valence-corrected chi connectivity index (χ3v) is 2.63. The van der Waals surface area contributed by atoms with Crippen LogP contribution >= 0.6 is 0 Å². The third kappa shape index (κ3) is 2.45. The van der Waals surface area contributed by atoms with E-state index in [1.54, 1.807) is 6.07 Å². The van der Waals surface area contributed by atoms with Crippen LogP contribution in [0.5, 0.6) is 5.75 Å². The van der Waals surface area contributed by atoms with Crippen LogP contribution in [0.3, 0.4) is 0 Å². The van der Waals surface area contributed by atoms with Crippen molar-refractivity contribution in [2.75, 3.05) is 7.11 Å². The Balaban J connectivity index is 2.49. The zero-order chi connectivity index (χ0) is 14.7. The minimum Gasteiger partial charge on any atom is -0.497 e. The summed E-state index contributed by atoms with van der Waals surface area (Å²) in [6.07, 6.45) is 0. The molecule has 104 valence electrons. The molecule has 0 aliphatic heterocycles. The molecular formula is C12H11N3O5. The summed E-state index contributed by atoms with van der Waals surface area (Å²) in [6.45, 7) is 0. The third-order valence-electron chi connectivity index (χ3n) is 2.63. The number of ether oxygens (including phenoxy) is 1. The number of nitro groups is 1. The van der Waals surface area contributed by atoms with Crippen LogP contribution in [0.25, 0.3) is 11.3 Å². The highest BCUT2D eigenvalue weighted by molar-refractivity contribution is 5.91. The first-order valence-electron chi connectivity index (χ1n) is 5.50. The molecule has 0 bridgehead atoms. The van der Waals surface area contributed by atoms with Gasteiger partial charge in [-0.3, -0.25) is 20.3 Å². The highest BCUT2D eigenvalue weighted by Gasteiger charge is 2.20. The summed E-state index contributed by atoms with van der Waals surface area (Å²) < 4.78 is 10.2. The number of nitrogens with two attached hydrogens (primary N) is 1. The number of rotatable bonds is 4. The number of benzene rings is 1. The van der Waals surface area contributed by atoms with Gasteiger partial charge in [-0.25, -0.2) is 5.84 Å². The fraction of sp³-hybridized carbons (Fsp3) is 0.0833. The zero-order valence-electron chi connectivity index (χ0n) is 10.5. The topological polar surface area (TPSA) is 121 Å². The van der Waals surface area contributed by atoms with Crippen molar-refractivity contribution in [3.05, 3.63) is 46.2 Å². The van der Waals surface area contributed by atoms with E-state index < -0.39 is 10.8 Å². The average Bonchev–Trinajstić information content (AvgIpc) is 2.95. The predicted octanol–water partition coefficient (Wildman–Crippen LogP) is 1.47. The summed E-state index contributed by atoms with van der Waals surface area (Å²) in [4.78, 5) is 21.8. The predicted molar refractivity (Wildman–Crippen MR) is 69.0 cm³/mol. The number of hydrogen-bond acceptors (Lipinski definition) is 6. The number of carbonyl (C=O) groups excluding carboxylic acids is 1. The molecule has 0 unspecified atom stereocenters. The molecule has 0 atom stereocenters. The van der Waals surface area contributed by atoms with Crippen LogP contribution in [-0.4, -0.2) is 17.9 Å². The van der Waals surface area contributed by atoms with Crippen LogP contribution in [0.15, 0.2) is 34.7 Å². The normalized spacial score (nSPS) is 10.1. The number of furan rings is 1. The Morgan fingerprint density at radius 3 is 2.75 bits per heavy atom. The Labute approximate surface area is 113 Å². The average molecular weight is 277 g/mol. The summed E-state index contributed by atoms with van der Waals surface area (Å²) in [5.41, 5.74) is 1.98. The molecule has 3 N–H and O–H groups in total. The number of hydrazine groups is 1. The van der Waals surface area contributed by atoms with Gasteiger partial charge >= 0.3 is 5.91 Å². The molecule has 2 aromatic rings. The number of hydrogen-bond donors (Lipinski definition) is 2. The quantitative estimate of drug-likeness (QED) is 0.378. The van der Waals surface area contributed by atoms with E-state index in [4.69, 9.17) is 15.0 Å². The molecule has 0 saturated heterocycles. The van der Waals surface area contributed by atoms with Gasteiger partial charge in [0.05, 0.1) is 23.7 Å². The molecule has 1 amide bonds. The van der Waals surface area contributed by atoms with E-state index in [-0.39, 0.29) is 22.8 Å². The summed E-state index contributed by atoms with van der Waals surface area (Å²) >= 11 is 0. The summed E-state index contributed by atoms with van der Waals surface area (Å²) in [5, 5.41) is 11.1. The number of methoxy groups -OCH3 is 1. The van der Waals surface area contributed by atoms with Crippen molar-refractivity contribution >= 4 is 11.6 Å². The lowest BCUT2D eigenvalue weighted by molar-refractivity contribution is -0.384. The van der Waals surface area contributed by atoms with E-state index >= 15 is 0 Å². The van der Waals surface area contributed by atoms with Gasteiger partial charge in [-0.15, -0.1) is 0 Å². The Bertz CT molecular complexity index is 665. The molecule has 1 aromatic carbocycles. The largest absolute Gasteiger partial charge is 0.497 e. The van der Waals surface area contributed by atoms with E-state index in [9.17, 15) is 14.9 Å². The first-order chi connectivity index (χ1) is 9.56. The number of carbonyl (C=O) groups is 1. The molecule has 0 aliphatic carbocycles. The lowest BCUT2D eigenvalue weighted by Crippen LogP contribution is -2.29. The highest BCUT2D eigenvalue weighted by atomic mass is 16.6. The van der Waals surface area contributed by atoms with Gasteiger partial charge in [-0.2, -0.15) is 0 Å². The minimum absolute atomic E-state index is 0.0346. The second-order valence-corrected chi connectivity index (χ2v) is 3.78. The molecule has 0 radical (unpaired) electrons. The van der Waals surface area contributed by atoms with E-state index in [0.29, 0.717) is 5.75 Å². The Morgan fingerprint density at radius 1 is 1.40 bits per heavy atom. The number of nitrogens with one attached hydrogen (secondary N) is 1. The molecule has 0 saturated carbocycles. The van der Waals surface area contributed by atoms with Gasteiger partial charge in [-0.05, 0) is 24.3 Å². The van der Waals surface area contributed by atoms with Gasteiger partial charge in [-0.1, -0.05) is 0 Å². The maximum atomic E-state index is 11.3. The molecule has 0 aliphatic rings. The van der Waals surface area contributed by atoms with Crippen LogP contribution in [0.4, 0.5) is 5.69 Å². The van der Waals surface area contributed by atoms with Gasteiger partial charge < -0.3 is 9.15 Å². The molecule has 2 rings (SSSR count). The van der Waals surface area contributed by atoms with Crippen molar-refractivity contribution in [1.29, 1.82) is 0 Å². The molecule has 8 nitrogen and oxygen atoms in total. The smallest absolute Gasteiger partial charge is 0.300 e. The van der Waals surface area contributed by atoms with Crippen molar-refractivity contribution in [2.24, 2.45) is 5.84 Å². The Kier molecular flexibility index (Phi) is 3.67. The van der Waals surface area contributed by atoms with Gasteiger partial charge in [0.1, 0.15) is 11.5 Å². The summed E-state index contributed by atoms with van der Waals surface area (Å²) in [5.74, 6) is 4.88. The van der Waals surface area contributed by atoms with Gasteiger partial charge in [0.25, 0.3) is 5.69 Å². The lowest BCUT2D eigenvalue weighted by Gasteiger charge is -2.03. The van der Waals surface area contributed by atoms with Crippen LogP contribution in [0.1, 0.15) is 10.6 Å².